The highest BCUT2D eigenvalue weighted by atomic mass is 32.2. The van der Waals surface area contributed by atoms with Gasteiger partial charge >= 0.3 is 0 Å². The number of hydrogen-bond acceptors (Lipinski definition) is 2. The van der Waals surface area contributed by atoms with Gasteiger partial charge in [-0.2, -0.15) is 0 Å². The van der Waals surface area contributed by atoms with Crippen molar-refractivity contribution in [2.45, 2.75) is 98.7 Å². The summed E-state index contributed by atoms with van der Waals surface area (Å²) in [6.45, 7) is 9.81. The Bertz CT molecular complexity index is 2780. The summed E-state index contributed by atoms with van der Waals surface area (Å²) in [4.78, 5) is 5.56. The van der Waals surface area contributed by atoms with E-state index in [0.717, 1.165) is 11.8 Å². The average Bonchev–Trinajstić information content (AvgIpc) is 3.27. The van der Waals surface area contributed by atoms with Gasteiger partial charge in [0, 0.05) is 26.6 Å². The Morgan fingerprint density at radius 1 is 0.467 bits per heavy atom. The fourth-order valence-electron chi connectivity index (χ4n) is 13.4. The lowest BCUT2D eigenvalue weighted by Gasteiger charge is -2.63. The van der Waals surface area contributed by atoms with Crippen LogP contribution in [0.25, 0.3) is 33.0 Å². The van der Waals surface area contributed by atoms with Gasteiger partial charge in [0.1, 0.15) is 0 Å². The molecule has 0 atom stereocenters. The molecule has 13 rings (SSSR count). The second-order valence-electron chi connectivity index (χ2n) is 20.4. The molecule has 1 heterocycles. The van der Waals surface area contributed by atoms with Crippen LogP contribution in [0, 0.1) is 23.7 Å². The first-order chi connectivity index (χ1) is 29.2. The number of nitrogens with zero attached hydrogens (tertiary/aromatic N) is 1. The van der Waals surface area contributed by atoms with Crippen LogP contribution in [-0.2, 0) is 16.2 Å². The van der Waals surface area contributed by atoms with Gasteiger partial charge in [-0.25, -0.2) is 0 Å². The van der Waals surface area contributed by atoms with Crippen molar-refractivity contribution in [2.75, 3.05) is 4.90 Å². The molecule has 2 heteroatoms. The first kappa shape index (κ1) is 36.8. The van der Waals surface area contributed by atoms with Crippen LogP contribution in [-0.4, -0.2) is 0 Å². The van der Waals surface area contributed by atoms with E-state index in [-0.39, 0.29) is 16.2 Å². The van der Waals surface area contributed by atoms with Gasteiger partial charge in [-0.3, -0.25) is 0 Å². The summed E-state index contributed by atoms with van der Waals surface area (Å²) < 4.78 is 0. The number of benzene rings is 7. The predicted octanol–water partition coefficient (Wildman–Crippen LogP) is 16.2. The number of hydrogen-bond donors (Lipinski definition) is 0. The molecule has 0 aromatic heterocycles. The van der Waals surface area contributed by atoms with Crippen molar-refractivity contribution in [1.82, 2.24) is 0 Å². The van der Waals surface area contributed by atoms with Gasteiger partial charge < -0.3 is 4.90 Å². The number of anilines is 3. The Kier molecular flexibility index (Phi) is 8.26. The van der Waals surface area contributed by atoms with Gasteiger partial charge in [0.05, 0.1) is 5.69 Å². The largest absolute Gasteiger partial charge is 0.309 e. The van der Waals surface area contributed by atoms with Crippen molar-refractivity contribution in [2.24, 2.45) is 23.7 Å². The van der Waals surface area contributed by atoms with Gasteiger partial charge in [-0.15, -0.1) is 0 Å². The molecule has 298 valence electrons. The molecule has 0 radical (unpaired) electrons. The molecule has 0 N–H and O–H groups in total. The molecule has 5 aliphatic carbocycles. The van der Waals surface area contributed by atoms with Crippen LogP contribution in [0.4, 0.5) is 17.1 Å². The summed E-state index contributed by atoms with van der Waals surface area (Å²) in [6, 6.07) is 58.3. The summed E-state index contributed by atoms with van der Waals surface area (Å²) in [7, 11) is 0. The Morgan fingerprint density at radius 3 is 1.72 bits per heavy atom. The van der Waals surface area contributed by atoms with E-state index in [1.165, 1.54) is 116 Å². The Labute approximate surface area is 361 Å². The summed E-state index contributed by atoms with van der Waals surface area (Å²) in [5.41, 5.74) is 15.4. The second kappa shape index (κ2) is 13.5. The van der Waals surface area contributed by atoms with Gasteiger partial charge in [-0.05, 0) is 171 Å². The van der Waals surface area contributed by atoms with Gasteiger partial charge in [-0.1, -0.05) is 155 Å². The van der Waals surface area contributed by atoms with Crippen LogP contribution in [0.3, 0.4) is 0 Å². The molecule has 0 unspecified atom stereocenters. The molecule has 0 saturated heterocycles. The predicted molar refractivity (Wildman–Crippen MR) is 253 cm³/mol. The van der Waals surface area contributed by atoms with Gasteiger partial charge in [0.25, 0.3) is 0 Å². The van der Waals surface area contributed by atoms with Gasteiger partial charge in [0.15, 0.2) is 0 Å². The monoisotopic (exact) mass is 797 g/mol. The van der Waals surface area contributed by atoms with Crippen molar-refractivity contribution in [3.63, 3.8) is 0 Å². The van der Waals surface area contributed by atoms with E-state index in [4.69, 9.17) is 0 Å². The van der Waals surface area contributed by atoms with Crippen LogP contribution in [0.2, 0.25) is 0 Å². The number of rotatable bonds is 5. The summed E-state index contributed by atoms with van der Waals surface area (Å²) in [6.07, 6.45) is 9.43. The third kappa shape index (κ3) is 5.45. The molecular weight excluding hydrogens is 743 g/mol. The van der Waals surface area contributed by atoms with Crippen LogP contribution < -0.4 is 4.90 Å². The third-order valence-corrected chi connectivity index (χ3v) is 17.4. The van der Waals surface area contributed by atoms with E-state index in [9.17, 15) is 0 Å². The lowest BCUT2D eigenvalue weighted by molar-refractivity contribution is -0.0443. The molecule has 60 heavy (non-hydrogen) atoms. The first-order valence-electron chi connectivity index (χ1n) is 22.7. The molecular formula is C58H55NS. The van der Waals surface area contributed by atoms with E-state index >= 15 is 0 Å². The second-order valence-corrected chi connectivity index (χ2v) is 21.4. The Balaban J connectivity index is 1.04. The lowest BCUT2D eigenvalue weighted by Crippen LogP contribution is -2.57. The molecule has 6 aliphatic rings. The van der Waals surface area contributed by atoms with Crippen molar-refractivity contribution in [3.05, 3.63) is 174 Å². The van der Waals surface area contributed by atoms with E-state index in [1.807, 2.05) is 11.8 Å². The maximum atomic E-state index is 2.63. The number of fused-ring (bicyclic) bond motifs is 4. The molecule has 4 saturated carbocycles. The molecule has 1 nitrogen and oxygen atoms in total. The van der Waals surface area contributed by atoms with E-state index < -0.39 is 0 Å². The van der Waals surface area contributed by atoms with Crippen LogP contribution in [0.15, 0.2) is 161 Å². The summed E-state index contributed by atoms with van der Waals surface area (Å²) in [5.74, 6) is 3.26. The zero-order chi connectivity index (χ0) is 40.4. The lowest BCUT2D eigenvalue weighted by atomic mass is 9.42. The molecule has 1 aliphatic heterocycles. The zero-order valence-corrected chi connectivity index (χ0v) is 36.4. The summed E-state index contributed by atoms with van der Waals surface area (Å²) in [5, 5.41) is 2.58. The van der Waals surface area contributed by atoms with Crippen molar-refractivity contribution >= 4 is 39.6 Å². The fourth-order valence-corrected chi connectivity index (χ4v) is 14.8. The maximum absolute atomic E-state index is 2.63. The Morgan fingerprint density at radius 2 is 1.03 bits per heavy atom. The van der Waals surface area contributed by atoms with Crippen LogP contribution in [0.1, 0.15) is 94.9 Å². The van der Waals surface area contributed by atoms with Crippen molar-refractivity contribution in [1.29, 1.82) is 0 Å². The zero-order valence-electron chi connectivity index (χ0n) is 35.5. The molecule has 4 bridgehead atoms. The normalized spacial score (nSPS) is 25.1. The molecule has 0 amide bonds. The highest BCUT2D eigenvalue weighted by Crippen LogP contribution is 2.69. The van der Waals surface area contributed by atoms with Crippen LogP contribution >= 0.6 is 11.8 Å². The smallest absolute Gasteiger partial charge is 0.0604 e. The standard InChI is InChI=1S/C58H55NS/c1-56(2)29-30-57(3,4)52-36-44(25-28-49(52)56)59(43-23-21-40(22-24-43)46-27-26-45(39-13-6-5-7-14-39)47-15-8-9-16-48(46)47)53-19-12-18-51-55(53)60-54-20-11-10-17-50(54)58(51)41-32-37-31-38(34-41)35-42(58)33-37/h5-28,36-38,41-42H,29-35H2,1-4H3. The van der Waals surface area contributed by atoms with Gasteiger partial charge in [0.2, 0.25) is 0 Å². The van der Waals surface area contributed by atoms with E-state index in [2.05, 4.69) is 184 Å². The quantitative estimate of drug-likeness (QED) is 0.171. The minimum atomic E-state index is 0.0883. The summed E-state index contributed by atoms with van der Waals surface area (Å²) >= 11 is 2.03. The van der Waals surface area contributed by atoms with Crippen molar-refractivity contribution in [3.8, 4) is 22.3 Å². The minimum absolute atomic E-state index is 0.0883. The third-order valence-electron chi connectivity index (χ3n) is 16.2. The first-order valence-corrected chi connectivity index (χ1v) is 23.5. The minimum Gasteiger partial charge on any atom is -0.309 e. The molecule has 1 spiro atoms. The Hall–Kier alpha value is -5.05. The highest BCUT2D eigenvalue weighted by molar-refractivity contribution is 7.99. The SMILES string of the molecule is CC1(C)CCC(C)(C)c2cc(N(c3ccc(-c4ccc(-c5ccccc5)c5ccccc45)cc3)c3cccc4c3Sc3ccccc3C43C4CC5CC(C4)CC3C5)ccc21. The average molecular weight is 798 g/mol. The molecule has 4 fully saturated rings. The molecule has 7 aromatic carbocycles. The highest BCUT2D eigenvalue weighted by Gasteiger charge is 2.61. The van der Waals surface area contributed by atoms with E-state index in [1.54, 1.807) is 11.1 Å². The maximum Gasteiger partial charge on any atom is 0.0604 e. The fraction of sp³-hybridized carbons (Fsp3) is 0.310. The van der Waals surface area contributed by atoms with Crippen molar-refractivity contribution < 1.29 is 0 Å². The topological polar surface area (TPSA) is 3.24 Å². The van der Waals surface area contributed by atoms with Crippen LogP contribution in [0.5, 0.6) is 0 Å². The van der Waals surface area contributed by atoms with E-state index in [0.29, 0.717) is 11.8 Å². The molecule has 7 aromatic rings.